The number of nitrogens with one attached hydrogen (secondary N) is 1. The first-order chi connectivity index (χ1) is 26.2. The van der Waals surface area contributed by atoms with Gasteiger partial charge in [0.05, 0.1) is 11.4 Å². The Morgan fingerprint density at radius 2 is 1.13 bits per heavy atom. The number of fused-ring (bicyclic) bond motifs is 2. The van der Waals surface area contributed by atoms with Crippen LogP contribution >= 0.6 is 35.5 Å². The van der Waals surface area contributed by atoms with Gasteiger partial charge in [0.15, 0.2) is 11.6 Å². The minimum absolute atomic E-state index is 0.0803. The van der Waals surface area contributed by atoms with E-state index >= 15 is 0 Å². The van der Waals surface area contributed by atoms with Gasteiger partial charge in [-0.1, -0.05) is 48.5 Å². The van der Waals surface area contributed by atoms with Crippen LogP contribution in [0.2, 0.25) is 0 Å². The Labute approximate surface area is 325 Å². The van der Waals surface area contributed by atoms with Gasteiger partial charge in [0.2, 0.25) is 0 Å². The Morgan fingerprint density at radius 1 is 0.704 bits per heavy atom. The van der Waals surface area contributed by atoms with Gasteiger partial charge < -0.3 is 5.73 Å². The molecule has 0 saturated heterocycles. The first-order valence-corrected chi connectivity index (χ1v) is 18.0. The molecular weight excluding hydrogens is 753 g/mol. The van der Waals surface area contributed by atoms with Crippen LogP contribution in [0.15, 0.2) is 115 Å². The Kier molecular flexibility index (Phi) is 9.37. The largest absolute Gasteiger partial charge is 0.396 e. The van der Waals surface area contributed by atoms with Crippen LogP contribution in [-0.2, 0) is 12.4 Å². The topological polar surface area (TPSA) is 204 Å². The monoisotopic (exact) mass is 770 g/mol. The second kappa shape index (κ2) is 14.3. The number of carbonyl (C=O) groups excluding carboxylic acids is 2. The van der Waals surface area contributed by atoms with Crippen LogP contribution in [0.3, 0.4) is 0 Å². The van der Waals surface area contributed by atoms with Gasteiger partial charge in [-0.05, 0) is 60.4 Å². The van der Waals surface area contributed by atoms with Gasteiger partial charge in [-0.2, -0.15) is 25.4 Å². The molecule has 2 aromatic heterocycles. The van der Waals surface area contributed by atoms with Crippen molar-refractivity contribution in [1.82, 2.24) is 0 Å². The number of carbonyl (C=O) groups is 2. The van der Waals surface area contributed by atoms with Crippen LogP contribution < -0.4 is 23.9 Å². The molecule has 0 spiro atoms. The summed E-state index contributed by atoms with van der Waals surface area (Å²) in [6, 6.07) is 28.2. The molecule has 0 unspecified atom stereocenters. The van der Waals surface area contributed by atoms with Gasteiger partial charge in [-0.3, -0.25) is 15.0 Å². The molecule has 0 aliphatic heterocycles. The van der Waals surface area contributed by atoms with Crippen molar-refractivity contribution in [2.24, 2.45) is 14.5 Å². The van der Waals surface area contributed by atoms with E-state index in [9.17, 15) is 30.6 Å². The number of hydrogen-bond donors (Lipinski definition) is 3. The second-order valence-electron chi connectivity index (χ2n) is 11.6. The van der Waals surface area contributed by atoms with E-state index in [0.717, 1.165) is 0 Å². The number of thiol groups is 1. The predicted octanol–water partition coefficient (Wildman–Crippen LogP) is 4.28. The molecule has 3 aliphatic rings. The van der Waals surface area contributed by atoms with E-state index in [1.165, 1.54) is 22.7 Å². The number of ketones is 2. The summed E-state index contributed by atoms with van der Waals surface area (Å²) in [5.74, 6) is -0.609. The minimum Gasteiger partial charge on any atom is -0.396 e. The number of nitrogens with two attached hydrogens (primary N) is 1. The second-order valence-corrected chi connectivity index (χ2v) is 14.3. The van der Waals surface area contributed by atoms with E-state index in [-0.39, 0.29) is 73.4 Å². The summed E-state index contributed by atoms with van der Waals surface area (Å²) in [4.78, 5) is 27.1. The summed E-state index contributed by atoms with van der Waals surface area (Å²) in [5, 5.41) is 48.0. The Bertz CT molecular complexity index is 3060. The molecule has 254 valence electrons. The zero-order valence-electron chi connectivity index (χ0n) is 27.3. The van der Waals surface area contributed by atoms with Crippen molar-refractivity contribution in [3.8, 4) is 24.3 Å². The van der Waals surface area contributed by atoms with Crippen molar-refractivity contribution in [2.45, 2.75) is 0 Å². The number of Topliss-reactive ketones (excluding diaryl/α,β-unsaturated/α-hetero) is 2. The lowest BCUT2D eigenvalue weighted by atomic mass is 9.89. The SMILES string of the molecule is N#CC(C#N)=C1/C(=c2\cc/c(=C\C3=C(N)C(N=S)=C(/C=c4\cc/c(=C5/C(=O)c6ccccc6C5=C(C#N)C#N)s4)C(=N)C3=NS)s2)C(=O)c2ccccc21. The van der Waals surface area contributed by atoms with Crippen LogP contribution in [0.4, 0.5) is 0 Å². The third-order valence-electron chi connectivity index (χ3n) is 8.86. The van der Waals surface area contributed by atoms with Gasteiger partial charge >= 0.3 is 0 Å². The molecule has 7 rings (SSSR count). The summed E-state index contributed by atoms with van der Waals surface area (Å²) < 4.78 is 10.4. The van der Waals surface area contributed by atoms with E-state index in [1.807, 2.05) is 24.3 Å². The molecule has 14 heteroatoms. The highest BCUT2D eigenvalue weighted by Gasteiger charge is 2.35. The molecule has 2 heterocycles. The molecule has 10 nitrogen and oxygen atoms in total. The van der Waals surface area contributed by atoms with Gasteiger partial charge in [-0.25, -0.2) is 4.40 Å². The molecule has 54 heavy (non-hydrogen) atoms. The molecule has 0 fully saturated rings. The summed E-state index contributed by atoms with van der Waals surface area (Å²) in [7, 11) is 0. The fourth-order valence-electron chi connectivity index (χ4n) is 6.51. The van der Waals surface area contributed by atoms with Gasteiger partial charge in [0.1, 0.15) is 46.8 Å². The standard InChI is InChI=1S/C40H18N8O2S4/c41-15-19(16-42)31-23-5-1-3-7-25(23)39(49)33(31)29-11-9-21(53-29)13-27-35(45)38(48-52)28(36(46)37(27)47-51)14-22-10-12-30(54-22)34-32(20(17-43)18-44)24-6-2-4-8-26(24)40(34)50/h1-14,45,52H,46H2/b21-13+,22-14+,33-29-,34-30-,45-35?,48-38?. The quantitative estimate of drug-likeness (QED) is 0.156. The van der Waals surface area contributed by atoms with Crippen LogP contribution in [-0.4, -0.2) is 23.0 Å². The minimum atomic E-state index is -0.306. The maximum absolute atomic E-state index is 13.6. The summed E-state index contributed by atoms with van der Waals surface area (Å²) in [5.41, 5.74) is 10.0. The Hall–Kier alpha value is -6.91. The molecule has 0 saturated carbocycles. The van der Waals surface area contributed by atoms with Gasteiger partial charge in [0, 0.05) is 75.1 Å². The molecular formula is C40H18N8O2S4. The summed E-state index contributed by atoms with van der Waals surface area (Å²) >= 11 is 11.8. The zero-order chi connectivity index (χ0) is 38.3. The maximum atomic E-state index is 13.6. The van der Waals surface area contributed by atoms with Crippen LogP contribution in [0.25, 0.3) is 34.4 Å². The number of nitrogens with zero attached hydrogens (tertiary/aromatic N) is 6. The molecule has 4 aromatic rings. The molecule has 3 aliphatic carbocycles. The number of nitriles is 4. The number of allylic oxidation sites excluding steroid dienone is 6. The number of thiophene rings is 2. The summed E-state index contributed by atoms with van der Waals surface area (Å²) in [6.07, 6.45) is 3.32. The molecule has 0 atom stereocenters. The predicted molar refractivity (Wildman–Crippen MR) is 213 cm³/mol. The fourth-order valence-corrected chi connectivity index (χ4v) is 8.91. The van der Waals surface area contributed by atoms with Crippen molar-refractivity contribution in [3.63, 3.8) is 0 Å². The third-order valence-corrected chi connectivity index (χ3v) is 11.3. The smallest absolute Gasteiger partial charge is 0.195 e. The van der Waals surface area contributed by atoms with Crippen molar-refractivity contribution >= 4 is 105 Å². The van der Waals surface area contributed by atoms with E-state index in [0.29, 0.717) is 46.0 Å². The van der Waals surface area contributed by atoms with Crippen LogP contribution in [0.1, 0.15) is 31.8 Å². The van der Waals surface area contributed by atoms with Crippen LogP contribution in [0.5, 0.6) is 0 Å². The Morgan fingerprint density at radius 3 is 1.54 bits per heavy atom. The molecule has 0 amide bonds. The lowest BCUT2D eigenvalue weighted by molar-refractivity contribution is 0.105. The number of benzene rings is 2. The molecule has 2 aromatic carbocycles. The van der Waals surface area contributed by atoms with Crippen molar-refractivity contribution < 1.29 is 9.59 Å². The van der Waals surface area contributed by atoms with Crippen molar-refractivity contribution in [2.75, 3.05) is 0 Å². The Balaban J connectivity index is 1.38. The normalized spacial score (nSPS) is 18.4. The molecule has 3 N–H and O–H groups in total. The molecule has 0 radical (unpaired) electrons. The first kappa shape index (κ1) is 35.5. The lowest BCUT2D eigenvalue weighted by Crippen LogP contribution is -2.27. The highest BCUT2D eigenvalue weighted by Crippen LogP contribution is 2.40. The fraction of sp³-hybridized carbons (Fsp3) is 0. The van der Waals surface area contributed by atoms with Gasteiger partial charge in [-0.15, -0.1) is 22.7 Å². The highest BCUT2D eigenvalue weighted by molar-refractivity contribution is 7.79. The van der Waals surface area contributed by atoms with E-state index in [4.69, 9.17) is 23.6 Å². The van der Waals surface area contributed by atoms with E-state index < -0.39 is 0 Å². The van der Waals surface area contributed by atoms with Crippen LogP contribution in [0, 0.1) is 50.7 Å². The average molecular weight is 771 g/mol. The lowest BCUT2D eigenvalue weighted by Gasteiger charge is -2.20. The molecule has 0 bridgehead atoms. The maximum Gasteiger partial charge on any atom is 0.195 e. The third kappa shape index (κ3) is 5.60. The van der Waals surface area contributed by atoms with Crippen molar-refractivity contribution in [1.29, 1.82) is 26.5 Å². The summed E-state index contributed by atoms with van der Waals surface area (Å²) in [6.45, 7) is 0. The highest BCUT2D eigenvalue weighted by atomic mass is 32.1. The average Bonchev–Trinajstić information content (AvgIpc) is 3.97. The van der Waals surface area contributed by atoms with Gasteiger partial charge in [0.25, 0.3) is 0 Å². The van der Waals surface area contributed by atoms with E-state index in [1.54, 1.807) is 84.9 Å². The zero-order valence-corrected chi connectivity index (χ0v) is 30.7. The van der Waals surface area contributed by atoms with E-state index in [2.05, 4.69) is 21.6 Å². The first-order valence-electron chi connectivity index (χ1n) is 15.6. The number of rotatable bonds is 3. The van der Waals surface area contributed by atoms with Crippen molar-refractivity contribution in [3.05, 3.63) is 147 Å². The number of hydrogen-bond acceptors (Lipinski definition) is 14.